The Morgan fingerprint density at radius 2 is 1.89 bits per heavy atom. The van der Waals surface area contributed by atoms with Crippen molar-refractivity contribution in [3.8, 4) is 0 Å². The van der Waals surface area contributed by atoms with Gasteiger partial charge in [0, 0.05) is 44.0 Å². The fourth-order valence-corrected chi connectivity index (χ4v) is 8.82. The van der Waals surface area contributed by atoms with Gasteiger partial charge in [0.25, 0.3) is 0 Å². The van der Waals surface area contributed by atoms with Gasteiger partial charge in [-0.1, -0.05) is 69.2 Å². The van der Waals surface area contributed by atoms with E-state index in [0.29, 0.717) is 29.3 Å². The van der Waals surface area contributed by atoms with Crippen LogP contribution in [-0.4, -0.2) is 111 Å². The van der Waals surface area contributed by atoms with Crippen LogP contribution in [0.2, 0.25) is 5.02 Å². The number of thioether (sulfide) groups is 1. The number of carbonyl (C=O) groups excluding carboxylic acids is 4. The van der Waals surface area contributed by atoms with Gasteiger partial charge in [0.2, 0.25) is 11.8 Å². The number of fused-ring (bicyclic) bond motifs is 5. The second-order valence-electron chi connectivity index (χ2n) is 15.7. The van der Waals surface area contributed by atoms with E-state index >= 15 is 0 Å². The van der Waals surface area contributed by atoms with Crippen molar-refractivity contribution >= 4 is 52.9 Å². The Bertz CT molecular complexity index is 1660. The maximum absolute atomic E-state index is 14.2. The summed E-state index contributed by atoms with van der Waals surface area (Å²) in [6.07, 6.45) is 2.40. The minimum absolute atomic E-state index is 0.0905. The molecular weight excluding hydrogens is 750 g/mol. The van der Waals surface area contributed by atoms with E-state index in [4.69, 9.17) is 25.8 Å². The number of aliphatic hydroxyl groups is 3. The molecule has 0 saturated carbocycles. The minimum Gasteiger partial charge on any atom is -0.457 e. The number of aliphatic hydroxyl groups excluding tert-OH is 2. The Labute approximate surface area is 333 Å². The number of nitrogens with one attached hydrogen (secondary N) is 1. The van der Waals surface area contributed by atoms with Gasteiger partial charge in [-0.15, -0.1) is 0 Å². The summed E-state index contributed by atoms with van der Waals surface area (Å²) in [7, 11) is 3.10. The quantitative estimate of drug-likeness (QED) is 0.187. The first-order chi connectivity index (χ1) is 25.7. The molecule has 9 atom stereocenters. The van der Waals surface area contributed by atoms with Gasteiger partial charge < -0.3 is 39.3 Å². The van der Waals surface area contributed by atoms with Crippen LogP contribution < -0.4 is 10.2 Å². The number of rotatable bonds is 10. The van der Waals surface area contributed by atoms with Crippen molar-refractivity contribution in [1.29, 1.82) is 0 Å². The van der Waals surface area contributed by atoms with Gasteiger partial charge in [-0.2, -0.15) is 11.8 Å². The number of hydrogen-bond acceptors (Lipinski definition) is 11. The van der Waals surface area contributed by atoms with Crippen molar-refractivity contribution in [2.24, 2.45) is 11.8 Å². The second-order valence-corrected chi connectivity index (χ2v) is 18.1. The van der Waals surface area contributed by atoms with Crippen LogP contribution in [0.4, 0.5) is 10.5 Å². The van der Waals surface area contributed by atoms with Gasteiger partial charge in [0.1, 0.15) is 23.9 Å². The van der Waals surface area contributed by atoms with Crippen molar-refractivity contribution in [3.05, 3.63) is 52.1 Å². The fraction of sp³-hybridized carbons (Fsp3) is 0.650. The van der Waals surface area contributed by atoms with Crippen molar-refractivity contribution < 1.29 is 48.7 Å². The minimum atomic E-state index is -1.86. The Hall–Kier alpha value is -3.14. The van der Waals surface area contributed by atoms with E-state index in [1.54, 1.807) is 70.9 Å². The number of benzene rings is 1. The molecule has 2 fully saturated rings. The summed E-state index contributed by atoms with van der Waals surface area (Å²) in [5.41, 5.74) is -0.697. The summed E-state index contributed by atoms with van der Waals surface area (Å²) >= 11 is 8.51. The summed E-state index contributed by atoms with van der Waals surface area (Å²) in [5.74, 6) is -2.86. The van der Waals surface area contributed by atoms with Crippen LogP contribution in [0.25, 0.3) is 0 Å². The number of ether oxygens (including phenoxy) is 3. The Balaban J connectivity index is 1.70. The first-order valence-corrected chi connectivity index (χ1v) is 20.2. The third-order valence-electron chi connectivity index (χ3n) is 11.0. The van der Waals surface area contributed by atoms with Crippen molar-refractivity contribution in [1.82, 2.24) is 10.2 Å². The summed E-state index contributed by atoms with van der Waals surface area (Å²) in [6.45, 7) is 12.4. The zero-order valence-electron chi connectivity index (χ0n) is 33.3. The van der Waals surface area contributed by atoms with E-state index in [1.165, 1.54) is 9.80 Å². The standard InChI is InChI=1S/C40H58ClN3O10S/c1-22(2)55-24(4)13-14-33(47)43(8)26(6)37(49)53-32-18-34(48)44(9)30-17-27(16-28(20-45)35(30)41)15-23(3)11-10-12-29(21-46)40(51)19-31(52-38(50)42-40)25(5)36-39(32,7)54-36/h10-12,16-17,22,24-26,29,31-32,36,45-46,51H,13-15,18-21H2,1-9H3,(H,42,50)/b12-10+,23-11+/t24?,25-,26+,29+,31+,32+,36+,39+,40+/m1/s1. The highest BCUT2D eigenvalue weighted by atomic mass is 35.5. The van der Waals surface area contributed by atoms with E-state index in [1.807, 2.05) is 13.0 Å². The van der Waals surface area contributed by atoms with Crippen LogP contribution in [0.5, 0.6) is 0 Å². The molecule has 3 heterocycles. The summed E-state index contributed by atoms with van der Waals surface area (Å²) in [6, 6.07) is 2.53. The number of hydrogen-bond donors (Lipinski definition) is 4. The molecule has 0 aliphatic carbocycles. The fourth-order valence-electron chi connectivity index (χ4n) is 7.34. The number of epoxide rings is 1. The molecule has 15 heteroatoms. The monoisotopic (exact) mass is 807 g/mol. The van der Waals surface area contributed by atoms with Crippen LogP contribution in [0.1, 0.15) is 85.3 Å². The lowest BCUT2D eigenvalue weighted by atomic mass is 9.81. The van der Waals surface area contributed by atoms with Crippen LogP contribution >= 0.6 is 23.4 Å². The molecule has 4 N–H and O–H groups in total. The molecule has 0 aromatic heterocycles. The van der Waals surface area contributed by atoms with Gasteiger partial charge in [-0.05, 0) is 56.1 Å². The highest BCUT2D eigenvalue weighted by Crippen LogP contribution is 2.49. The lowest BCUT2D eigenvalue weighted by molar-refractivity contribution is -0.162. The molecule has 13 nitrogen and oxygen atoms in total. The largest absolute Gasteiger partial charge is 0.457 e. The molecule has 4 bridgehead atoms. The zero-order chi connectivity index (χ0) is 41.0. The Morgan fingerprint density at radius 3 is 2.53 bits per heavy atom. The smallest absolute Gasteiger partial charge is 0.409 e. The number of allylic oxidation sites excluding steroid dienone is 3. The summed E-state index contributed by atoms with van der Waals surface area (Å²) in [5, 5.41) is 35.6. The predicted octanol–water partition coefficient (Wildman–Crippen LogP) is 4.90. The Kier molecular flexibility index (Phi) is 14.9. The molecule has 0 spiro atoms. The van der Waals surface area contributed by atoms with Crippen LogP contribution in [0.3, 0.4) is 0 Å². The van der Waals surface area contributed by atoms with Gasteiger partial charge in [-0.25, -0.2) is 9.59 Å². The second kappa shape index (κ2) is 18.4. The van der Waals surface area contributed by atoms with Gasteiger partial charge in [0.15, 0.2) is 5.72 Å². The maximum Gasteiger partial charge on any atom is 0.409 e. The molecule has 0 radical (unpaired) electrons. The van der Waals surface area contributed by atoms with E-state index in [0.717, 1.165) is 11.1 Å². The van der Waals surface area contributed by atoms with Gasteiger partial charge in [-0.3, -0.25) is 14.9 Å². The number of halogens is 1. The zero-order valence-corrected chi connectivity index (χ0v) is 34.9. The van der Waals surface area contributed by atoms with E-state index in [9.17, 15) is 34.5 Å². The summed E-state index contributed by atoms with van der Waals surface area (Å²) in [4.78, 5) is 56.7. The van der Waals surface area contributed by atoms with Gasteiger partial charge >= 0.3 is 12.1 Å². The molecule has 3 aliphatic heterocycles. The normalized spacial score (nSPS) is 31.3. The first kappa shape index (κ1) is 44.6. The molecule has 1 aromatic rings. The van der Waals surface area contributed by atoms with Crippen molar-refractivity contribution in [2.75, 3.05) is 25.6 Å². The van der Waals surface area contributed by atoms with Crippen LogP contribution in [-0.2, 0) is 41.6 Å². The van der Waals surface area contributed by atoms with E-state index in [2.05, 4.69) is 26.1 Å². The molecule has 3 amide bonds. The van der Waals surface area contributed by atoms with Crippen LogP contribution in [0.15, 0.2) is 35.9 Å². The number of likely N-dealkylation sites (N-methyl/N-ethyl adjacent to an activating group) is 1. The number of anilines is 1. The molecule has 1 aromatic carbocycles. The predicted molar refractivity (Wildman–Crippen MR) is 212 cm³/mol. The topological polar surface area (TPSA) is 178 Å². The number of nitrogens with zero attached hydrogens (tertiary/aromatic N) is 2. The van der Waals surface area contributed by atoms with Crippen molar-refractivity contribution in [2.45, 2.75) is 133 Å². The first-order valence-electron chi connectivity index (χ1n) is 18.9. The highest BCUT2D eigenvalue weighted by Gasteiger charge is 2.64. The highest BCUT2D eigenvalue weighted by molar-refractivity contribution is 8.00. The van der Waals surface area contributed by atoms with E-state index < -0.39 is 72.1 Å². The maximum atomic E-state index is 14.2. The van der Waals surface area contributed by atoms with Crippen LogP contribution in [0, 0.1) is 11.8 Å². The molecule has 55 heavy (non-hydrogen) atoms. The van der Waals surface area contributed by atoms with Crippen molar-refractivity contribution in [3.63, 3.8) is 0 Å². The Morgan fingerprint density at radius 1 is 1.20 bits per heavy atom. The number of esters is 1. The molecule has 1 unspecified atom stereocenters. The number of amides is 3. The SMILES string of the molecule is C/C1=C\C=C\[C@@H](CO)[C@@]2(O)C[C@H](OC(=O)N2)[C@@H](C)[C@@H]2O[C@@]2(C)[C@@H](OC(=O)[C@H](C)N(C)C(=O)CCC(C)SC(C)C)CC(=O)N(C)c2cc(cc(CO)c2Cl)C1. The molecule has 2 saturated heterocycles. The number of alkyl carbamates (subject to hydrolysis) is 1. The lowest BCUT2D eigenvalue weighted by Gasteiger charge is -2.42. The lowest BCUT2D eigenvalue weighted by Crippen LogP contribution is -2.62. The van der Waals surface area contributed by atoms with Gasteiger partial charge in [0.05, 0.1) is 36.4 Å². The molecule has 306 valence electrons. The molecular formula is C40H58ClN3O10S. The number of carbonyl (C=O) groups is 4. The molecule has 3 aliphatic rings. The summed E-state index contributed by atoms with van der Waals surface area (Å²) < 4.78 is 18.0. The van der Waals surface area contributed by atoms with E-state index in [-0.39, 0.29) is 42.0 Å². The third-order valence-corrected chi connectivity index (χ3v) is 12.7. The average Bonchev–Trinajstić information content (AvgIpc) is 3.82. The molecule has 4 rings (SSSR count). The average molecular weight is 808 g/mol. The third kappa shape index (κ3) is 10.6.